The second-order valence-electron chi connectivity index (χ2n) is 22.0. The third kappa shape index (κ3) is 13.1. The third-order valence-corrected chi connectivity index (χ3v) is 20.8. The van der Waals surface area contributed by atoms with E-state index in [0.29, 0.717) is 39.3 Å². The van der Waals surface area contributed by atoms with Gasteiger partial charge in [-0.1, -0.05) is 200 Å². The van der Waals surface area contributed by atoms with Crippen molar-refractivity contribution in [2.75, 3.05) is 13.2 Å². The Hall–Kier alpha value is -4.33. The van der Waals surface area contributed by atoms with Crippen molar-refractivity contribution in [3.05, 3.63) is 168 Å². The summed E-state index contributed by atoms with van der Waals surface area (Å²) in [4.78, 5) is 15.1. The lowest BCUT2D eigenvalue weighted by Crippen LogP contribution is -2.66. The molecule has 0 bridgehead atoms. The molecule has 3 aliphatic heterocycles. The van der Waals surface area contributed by atoms with Gasteiger partial charge in [-0.05, 0) is 75.5 Å². The average molecular weight is 997 g/mol. The van der Waals surface area contributed by atoms with Gasteiger partial charge >= 0.3 is 0 Å². The van der Waals surface area contributed by atoms with Gasteiger partial charge < -0.3 is 38.0 Å². The SMILES string of the molecule is C[C@@H]1C[C@H](O)[C@@H](C[C@@H]2O[C@@H]3[C@@H](C)[C@H](C)[C@@H](CCCO[Si](c4ccccc4)(c4ccccc4)C(C)(C)C)O[C@H]3[C@@H](OCc3ccccc3)[C@H](C)C2=O)O[C@@H](COCc2ccccc2)[C@H](OCc2ccccc2)C1. The summed E-state index contributed by atoms with van der Waals surface area (Å²) in [6.45, 7) is 17.5. The molecule has 1 N–H and O–H groups in total. The molecular weight excluding hydrogens is 917 g/mol. The highest BCUT2D eigenvalue weighted by molar-refractivity contribution is 6.99. The summed E-state index contributed by atoms with van der Waals surface area (Å²) in [7, 11) is -2.72. The molecule has 0 saturated carbocycles. The number of hydrogen-bond donors (Lipinski definition) is 1. The number of fused-ring (bicyclic) bond motifs is 1. The molecule has 0 unspecified atom stereocenters. The van der Waals surface area contributed by atoms with Gasteiger partial charge in [0.05, 0.1) is 63.1 Å². The van der Waals surface area contributed by atoms with Crippen LogP contribution in [0.25, 0.3) is 0 Å². The largest absolute Gasteiger partial charge is 0.407 e. The average Bonchev–Trinajstić information content (AvgIpc) is 3.48. The van der Waals surface area contributed by atoms with Crippen LogP contribution < -0.4 is 10.4 Å². The van der Waals surface area contributed by atoms with Gasteiger partial charge in [-0.25, -0.2) is 0 Å². The van der Waals surface area contributed by atoms with E-state index in [1.54, 1.807) is 0 Å². The van der Waals surface area contributed by atoms with Crippen molar-refractivity contribution in [3.8, 4) is 0 Å². The van der Waals surface area contributed by atoms with Gasteiger partial charge in [0.1, 0.15) is 18.3 Å². The summed E-state index contributed by atoms with van der Waals surface area (Å²) in [5.41, 5.74) is 3.15. The Morgan fingerprint density at radius 1 is 0.597 bits per heavy atom. The molecular formula is C62H80O9Si. The molecule has 72 heavy (non-hydrogen) atoms. The first-order valence-electron chi connectivity index (χ1n) is 26.7. The second kappa shape index (κ2) is 25.3. The number of aliphatic hydroxyl groups excluding tert-OH is 1. The van der Waals surface area contributed by atoms with Crippen LogP contribution in [0.4, 0.5) is 0 Å². The number of hydrogen-bond acceptors (Lipinski definition) is 9. The highest BCUT2D eigenvalue weighted by Gasteiger charge is 2.54. The summed E-state index contributed by atoms with van der Waals surface area (Å²) in [5, 5.41) is 14.4. The molecule has 3 aliphatic rings. The number of benzene rings is 5. The maximum atomic E-state index is 15.1. The normalized spacial score (nSPS) is 29.4. The van der Waals surface area contributed by atoms with Crippen LogP contribution in [0.2, 0.25) is 5.04 Å². The van der Waals surface area contributed by atoms with E-state index in [0.717, 1.165) is 29.5 Å². The lowest BCUT2D eigenvalue weighted by Gasteiger charge is -2.47. The molecule has 0 radical (unpaired) electrons. The van der Waals surface area contributed by atoms with E-state index in [9.17, 15) is 5.11 Å². The van der Waals surface area contributed by atoms with Crippen LogP contribution in [0.5, 0.6) is 0 Å². The summed E-state index contributed by atoms with van der Waals surface area (Å²) in [6, 6.07) is 51.9. The molecule has 386 valence electrons. The molecule has 8 rings (SSSR count). The minimum atomic E-state index is -2.72. The molecule has 9 nitrogen and oxygen atoms in total. The van der Waals surface area contributed by atoms with E-state index in [-0.39, 0.29) is 53.8 Å². The van der Waals surface area contributed by atoms with E-state index >= 15 is 4.79 Å². The standard InChI is InChI=1S/C62H80O9Si/c1-43-36-52(63)54(69-57(42-65-39-47-24-13-8-14-25-47)55(37-43)66-40-48-26-15-9-16-27-48)38-56-58(64)46(4)59(67-41-49-28-17-10-18-29-49)61-60(71-56)45(3)44(2)53(70-61)34-23-35-68-72(62(5,6)7,50-30-19-11-20-31-50)51-32-21-12-22-33-51/h8-22,24-33,43-46,52-57,59-61,63H,23,34-42H2,1-7H3/t43-,44+,45+,46-,52+,53-,54-,55-,56+,57+,59+,60-,61+/m1/s1. The highest BCUT2D eigenvalue weighted by atomic mass is 28.4. The van der Waals surface area contributed by atoms with E-state index in [2.05, 4.69) is 114 Å². The Labute approximate surface area is 431 Å². The van der Waals surface area contributed by atoms with E-state index in [1.165, 1.54) is 10.4 Å². The van der Waals surface area contributed by atoms with Crippen molar-refractivity contribution in [2.24, 2.45) is 23.7 Å². The fraction of sp³-hybridized carbons (Fsp3) is 0.500. The molecule has 0 aromatic heterocycles. The first kappa shape index (κ1) is 53.9. The minimum Gasteiger partial charge on any atom is -0.407 e. The van der Waals surface area contributed by atoms with Gasteiger partial charge in [-0.3, -0.25) is 4.79 Å². The van der Waals surface area contributed by atoms with Crippen LogP contribution in [0.3, 0.4) is 0 Å². The summed E-state index contributed by atoms with van der Waals surface area (Å²) in [5.74, 6) is -0.387. The van der Waals surface area contributed by atoms with Crippen LogP contribution in [0.15, 0.2) is 152 Å². The van der Waals surface area contributed by atoms with E-state index in [1.807, 2.05) is 85.8 Å². The quantitative estimate of drug-likeness (QED) is 0.0640. The Balaban J connectivity index is 1.02. The Kier molecular flexibility index (Phi) is 18.9. The van der Waals surface area contributed by atoms with Gasteiger partial charge in [0, 0.05) is 18.9 Å². The number of carbonyl (C=O) groups is 1. The number of ketones is 1. The van der Waals surface area contributed by atoms with Crippen molar-refractivity contribution in [1.29, 1.82) is 0 Å². The minimum absolute atomic E-state index is 0.0212. The molecule has 10 heteroatoms. The van der Waals surface area contributed by atoms with Gasteiger partial charge in [-0.2, -0.15) is 0 Å². The smallest absolute Gasteiger partial charge is 0.261 e. The van der Waals surface area contributed by atoms with Gasteiger partial charge in [0.15, 0.2) is 5.78 Å². The molecule has 5 aromatic rings. The maximum Gasteiger partial charge on any atom is 0.261 e. The van der Waals surface area contributed by atoms with Crippen LogP contribution >= 0.6 is 0 Å². The van der Waals surface area contributed by atoms with Crippen molar-refractivity contribution in [3.63, 3.8) is 0 Å². The summed E-state index contributed by atoms with van der Waals surface area (Å²) in [6.07, 6.45) is -1.93. The third-order valence-electron chi connectivity index (χ3n) is 15.8. The Morgan fingerprint density at radius 3 is 1.68 bits per heavy atom. The van der Waals surface area contributed by atoms with E-state index in [4.69, 9.17) is 32.8 Å². The number of Topliss-reactive ketones (excluding diaryl/α,β-unsaturated/α-hetero) is 1. The number of rotatable bonds is 19. The van der Waals surface area contributed by atoms with Crippen molar-refractivity contribution in [2.45, 2.75) is 160 Å². The molecule has 3 heterocycles. The van der Waals surface area contributed by atoms with Crippen molar-refractivity contribution < 1.29 is 42.7 Å². The molecule has 0 spiro atoms. The molecule has 0 amide bonds. The van der Waals surface area contributed by atoms with Gasteiger partial charge in [0.2, 0.25) is 0 Å². The van der Waals surface area contributed by atoms with Crippen LogP contribution in [-0.2, 0) is 57.5 Å². The van der Waals surface area contributed by atoms with Gasteiger partial charge in [0.25, 0.3) is 8.32 Å². The highest BCUT2D eigenvalue weighted by Crippen LogP contribution is 2.43. The number of carbonyl (C=O) groups excluding carboxylic acids is 1. The lowest BCUT2D eigenvalue weighted by atomic mass is 9.77. The van der Waals surface area contributed by atoms with Crippen molar-refractivity contribution >= 4 is 24.5 Å². The predicted octanol–water partition coefficient (Wildman–Crippen LogP) is 10.7. The number of aliphatic hydroxyl groups is 1. The molecule has 0 aliphatic carbocycles. The van der Waals surface area contributed by atoms with Crippen LogP contribution in [0, 0.1) is 23.7 Å². The topological polar surface area (TPSA) is 102 Å². The van der Waals surface area contributed by atoms with Crippen LogP contribution in [0.1, 0.15) is 97.3 Å². The first-order chi connectivity index (χ1) is 34.8. The summed E-state index contributed by atoms with van der Waals surface area (Å²) >= 11 is 0. The first-order valence-corrected chi connectivity index (χ1v) is 28.6. The fourth-order valence-corrected chi connectivity index (χ4v) is 16.2. The van der Waals surface area contributed by atoms with Crippen LogP contribution in [-0.4, -0.2) is 87.4 Å². The number of ether oxygens (including phenoxy) is 6. The summed E-state index contributed by atoms with van der Waals surface area (Å²) < 4.78 is 48.7. The maximum absolute atomic E-state index is 15.1. The Bertz CT molecular complexity index is 2330. The zero-order chi connectivity index (χ0) is 50.7. The molecule has 13 atom stereocenters. The zero-order valence-corrected chi connectivity index (χ0v) is 44.7. The molecule has 5 aromatic carbocycles. The van der Waals surface area contributed by atoms with Gasteiger partial charge in [-0.15, -0.1) is 0 Å². The monoisotopic (exact) mass is 997 g/mol. The molecule has 3 fully saturated rings. The molecule has 3 saturated heterocycles. The second-order valence-corrected chi connectivity index (χ2v) is 26.3. The zero-order valence-electron chi connectivity index (χ0n) is 43.7. The fourth-order valence-electron chi connectivity index (χ4n) is 11.6. The lowest BCUT2D eigenvalue weighted by molar-refractivity contribution is -0.233. The van der Waals surface area contributed by atoms with Crippen molar-refractivity contribution in [1.82, 2.24) is 0 Å². The predicted molar refractivity (Wildman–Crippen MR) is 286 cm³/mol. The Morgan fingerprint density at radius 2 is 1.12 bits per heavy atom. The van der Waals surface area contributed by atoms with E-state index < -0.39 is 57.0 Å².